The zero-order valence-corrected chi connectivity index (χ0v) is 14.0. The largest absolute Gasteiger partial charge is 0.368 e. The maximum atomic E-state index is 5.74. The van der Waals surface area contributed by atoms with Crippen LogP contribution in [0.3, 0.4) is 0 Å². The van der Waals surface area contributed by atoms with Crippen LogP contribution in [0.2, 0.25) is 0 Å². The van der Waals surface area contributed by atoms with Gasteiger partial charge in [0.25, 0.3) is 0 Å². The van der Waals surface area contributed by atoms with E-state index < -0.39 is 0 Å². The van der Waals surface area contributed by atoms with E-state index in [-0.39, 0.29) is 5.41 Å². The van der Waals surface area contributed by atoms with Crippen LogP contribution in [0.15, 0.2) is 36.5 Å². The quantitative estimate of drug-likeness (QED) is 0.915. The van der Waals surface area contributed by atoms with Crippen LogP contribution >= 0.6 is 0 Å². The molecule has 22 heavy (non-hydrogen) atoms. The summed E-state index contributed by atoms with van der Waals surface area (Å²) in [5.74, 6) is 1.19. The molecule has 0 aliphatic heterocycles. The lowest BCUT2D eigenvalue weighted by Gasteiger charge is -2.31. The summed E-state index contributed by atoms with van der Waals surface area (Å²) in [6, 6.07) is 10.7. The van der Waals surface area contributed by atoms with E-state index in [1.165, 1.54) is 11.1 Å². The van der Waals surface area contributed by atoms with Crippen molar-refractivity contribution in [3.63, 3.8) is 0 Å². The first-order chi connectivity index (χ1) is 10.4. The van der Waals surface area contributed by atoms with Gasteiger partial charge < -0.3 is 10.6 Å². The molecule has 1 aromatic heterocycles. The maximum Gasteiger partial charge on any atom is 0.221 e. The van der Waals surface area contributed by atoms with Gasteiger partial charge >= 0.3 is 0 Å². The van der Waals surface area contributed by atoms with Crippen LogP contribution < -0.4 is 10.6 Å². The molecule has 2 aromatic rings. The summed E-state index contributed by atoms with van der Waals surface area (Å²) in [7, 11) is 0. The molecule has 1 aromatic carbocycles. The van der Waals surface area contributed by atoms with Gasteiger partial charge in [-0.25, -0.2) is 4.98 Å². The Bertz CT molecular complexity index is 599. The molecule has 0 saturated heterocycles. The molecule has 0 aliphatic carbocycles. The van der Waals surface area contributed by atoms with Gasteiger partial charge in [-0.1, -0.05) is 52.0 Å². The fourth-order valence-electron chi connectivity index (χ4n) is 2.43. The molecule has 0 atom stereocenters. The van der Waals surface area contributed by atoms with Crippen LogP contribution in [0.4, 0.5) is 11.8 Å². The molecular formula is C18H26N4. The Morgan fingerprint density at radius 2 is 1.68 bits per heavy atom. The highest BCUT2D eigenvalue weighted by Crippen LogP contribution is 2.22. The van der Waals surface area contributed by atoms with Crippen molar-refractivity contribution in [2.45, 2.75) is 40.7 Å². The molecule has 0 spiro atoms. The van der Waals surface area contributed by atoms with Gasteiger partial charge in [0.2, 0.25) is 5.95 Å². The van der Waals surface area contributed by atoms with Gasteiger partial charge in [0, 0.05) is 19.3 Å². The van der Waals surface area contributed by atoms with Crippen LogP contribution in [-0.2, 0) is 13.0 Å². The van der Waals surface area contributed by atoms with E-state index >= 15 is 0 Å². The van der Waals surface area contributed by atoms with Crippen molar-refractivity contribution in [3.8, 4) is 0 Å². The predicted molar refractivity (Wildman–Crippen MR) is 92.8 cm³/mol. The van der Waals surface area contributed by atoms with Gasteiger partial charge in [0.15, 0.2) is 0 Å². The minimum Gasteiger partial charge on any atom is -0.368 e. The highest BCUT2D eigenvalue weighted by Gasteiger charge is 2.18. The van der Waals surface area contributed by atoms with Gasteiger partial charge in [-0.2, -0.15) is 4.98 Å². The standard InChI is InChI=1S/C18H26N4/c1-5-14-6-8-15(9-7-14)12-22(13-18(2,3)4)16-10-11-20-17(19)21-16/h6-11H,5,12-13H2,1-4H3,(H2,19,20,21). The van der Waals surface area contributed by atoms with Gasteiger partial charge in [-0.15, -0.1) is 0 Å². The molecule has 0 bridgehead atoms. The maximum absolute atomic E-state index is 5.74. The molecule has 118 valence electrons. The summed E-state index contributed by atoms with van der Waals surface area (Å²) >= 11 is 0. The van der Waals surface area contributed by atoms with E-state index in [0.29, 0.717) is 5.95 Å². The topological polar surface area (TPSA) is 55.0 Å². The Hall–Kier alpha value is -2.10. The van der Waals surface area contributed by atoms with Crippen molar-refractivity contribution < 1.29 is 0 Å². The number of rotatable bonds is 5. The lowest BCUT2D eigenvalue weighted by atomic mass is 9.95. The lowest BCUT2D eigenvalue weighted by Crippen LogP contribution is -2.33. The molecule has 2 N–H and O–H groups in total. The summed E-state index contributed by atoms with van der Waals surface area (Å²) in [5, 5.41) is 0. The molecule has 0 fully saturated rings. The third-order valence-electron chi connectivity index (χ3n) is 3.45. The molecule has 0 radical (unpaired) electrons. The summed E-state index contributed by atoms with van der Waals surface area (Å²) in [5.41, 5.74) is 8.55. The van der Waals surface area contributed by atoms with Crippen LogP contribution in [0.25, 0.3) is 0 Å². The molecule has 0 aliphatic rings. The van der Waals surface area contributed by atoms with E-state index in [4.69, 9.17) is 5.73 Å². The van der Waals surface area contributed by atoms with Crippen LogP contribution in [0.5, 0.6) is 0 Å². The van der Waals surface area contributed by atoms with Gasteiger partial charge in [-0.3, -0.25) is 0 Å². The third kappa shape index (κ3) is 4.72. The smallest absolute Gasteiger partial charge is 0.221 e. The molecule has 4 heteroatoms. The molecule has 1 heterocycles. The first kappa shape index (κ1) is 16.3. The molecule has 4 nitrogen and oxygen atoms in total. The number of hydrogen-bond acceptors (Lipinski definition) is 4. The van der Waals surface area contributed by atoms with E-state index in [2.05, 4.69) is 66.8 Å². The average Bonchev–Trinajstić information content (AvgIpc) is 2.46. The van der Waals surface area contributed by atoms with Crippen LogP contribution in [0, 0.1) is 5.41 Å². The second-order valence-electron chi connectivity index (χ2n) is 6.86. The number of benzene rings is 1. The second-order valence-corrected chi connectivity index (χ2v) is 6.86. The Kier molecular flexibility index (Phi) is 5.01. The number of nitrogens with zero attached hydrogens (tertiary/aromatic N) is 3. The fraction of sp³-hybridized carbons (Fsp3) is 0.444. The van der Waals surface area contributed by atoms with Crippen LogP contribution in [-0.4, -0.2) is 16.5 Å². The summed E-state index contributed by atoms with van der Waals surface area (Å²) in [4.78, 5) is 10.6. The van der Waals surface area contributed by atoms with E-state index in [0.717, 1.165) is 25.3 Å². The summed E-state index contributed by atoms with van der Waals surface area (Å²) in [6.07, 6.45) is 2.78. The van der Waals surface area contributed by atoms with E-state index in [1.54, 1.807) is 6.20 Å². The number of aryl methyl sites for hydroxylation is 1. The second kappa shape index (κ2) is 6.77. The molecule has 2 rings (SSSR count). The zero-order chi connectivity index (χ0) is 16.2. The summed E-state index contributed by atoms with van der Waals surface area (Å²) in [6.45, 7) is 10.6. The highest BCUT2D eigenvalue weighted by atomic mass is 15.2. The summed E-state index contributed by atoms with van der Waals surface area (Å²) < 4.78 is 0. The van der Waals surface area contributed by atoms with E-state index in [9.17, 15) is 0 Å². The zero-order valence-electron chi connectivity index (χ0n) is 14.0. The van der Waals surface area contributed by atoms with Crippen molar-refractivity contribution in [2.75, 3.05) is 17.2 Å². The van der Waals surface area contributed by atoms with Crippen molar-refractivity contribution in [1.29, 1.82) is 0 Å². The predicted octanol–water partition coefficient (Wildman–Crippen LogP) is 3.67. The Balaban J connectivity index is 2.23. The Morgan fingerprint density at radius 3 is 2.23 bits per heavy atom. The van der Waals surface area contributed by atoms with Gasteiger partial charge in [-0.05, 0) is 29.0 Å². The monoisotopic (exact) mass is 298 g/mol. The number of nitrogen functional groups attached to an aromatic ring is 1. The molecule has 0 saturated carbocycles. The minimum atomic E-state index is 0.170. The van der Waals surface area contributed by atoms with Crippen molar-refractivity contribution >= 4 is 11.8 Å². The van der Waals surface area contributed by atoms with Crippen molar-refractivity contribution in [3.05, 3.63) is 47.7 Å². The molecule has 0 amide bonds. The number of nitrogens with two attached hydrogens (primary N) is 1. The lowest BCUT2D eigenvalue weighted by molar-refractivity contribution is 0.407. The number of anilines is 2. The van der Waals surface area contributed by atoms with Crippen molar-refractivity contribution in [1.82, 2.24) is 9.97 Å². The van der Waals surface area contributed by atoms with E-state index in [1.807, 2.05) is 6.07 Å². The third-order valence-corrected chi connectivity index (χ3v) is 3.45. The SMILES string of the molecule is CCc1ccc(CN(CC(C)(C)C)c2ccnc(N)n2)cc1. The Labute approximate surface area is 133 Å². The minimum absolute atomic E-state index is 0.170. The average molecular weight is 298 g/mol. The first-order valence-corrected chi connectivity index (χ1v) is 7.78. The first-order valence-electron chi connectivity index (χ1n) is 7.78. The van der Waals surface area contributed by atoms with Crippen LogP contribution in [0.1, 0.15) is 38.8 Å². The van der Waals surface area contributed by atoms with Gasteiger partial charge in [0.05, 0.1) is 0 Å². The Morgan fingerprint density at radius 1 is 1.05 bits per heavy atom. The highest BCUT2D eigenvalue weighted by molar-refractivity contribution is 5.42. The fourth-order valence-corrected chi connectivity index (χ4v) is 2.43. The normalized spacial score (nSPS) is 11.5. The number of hydrogen-bond donors (Lipinski definition) is 1. The molecular weight excluding hydrogens is 272 g/mol. The molecule has 0 unspecified atom stereocenters. The number of aromatic nitrogens is 2. The van der Waals surface area contributed by atoms with Crippen molar-refractivity contribution in [2.24, 2.45) is 5.41 Å². The van der Waals surface area contributed by atoms with Gasteiger partial charge in [0.1, 0.15) is 5.82 Å².